The maximum atomic E-state index is 5.77. The van der Waals surface area contributed by atoms with E-state index in [1.165, 1.54) is 10.4 Å². The molecule has 2 aromatic heterocycles. The van der Waals surface area contributed by atoms with Crippen molar-refractivity contribution < 1.29 is 0 Å². The number of nitrogens with two attached hydrogens (primary N) is 1. The van der Waals surface area contributed by atoms with Gasteiger partial charge in [0.25, 0.3) is 0 Å². The van der Waals surface area contributed by atoms with Gasteiger partial charge >= 0.3 is 0 Å². The molecule has 4 heteroatoms. The lowest BCUT2D eigenvalue weighted by Gasteiger charge is -2.18. The molecule has 0 fully saturated rings. The average molecular weight is 247 g/mol. The summed E-state index contributed by atoms with van der Waals surface area (Å²) < 4.78 is 0. The molecule has 0 aromatic carbocycles. The fourth-order valence-electron chi connectivity index (χ4n) is 1.63. The van der Waals surface area contributed by atoms with Gasteiger partial charge in [0, 0.05) is 11.9 Å². The SMILES string of the molecule is Cc1ccsc1CN(C)c1ccc(N)c(C)n1. The maximum Gasteiger partial charge on any atom is 0.129 e. The molecule has 0 unspecified atom stereocenters. The highest BCUT2D eigenvalue weighted by Crippen LogP contribution is 2.21. The number of rotatable bonds is 3. The number of aryl methyl sites for hydroxylation is 2. The third-order valence-corrected chi connectivity index (χ3v) is 3.86. The minimum Gasteiger partial charge on any atom is -0.397 e. The van der Waals surface area contributed by atoms with Gasteiger partial charge in [-0.2, -0.15) is 0 Å². The first kappa shape index (κ1) is 11.9. The number of thiophene rings is 1. The molecule has 0 amide bonds. The molecule has 90 valence electrons. The van der Waals surface area contributed by atoms with E-state index in [0.29, 0.717) is 0 Å². The van der Waals surface area contributed by atoms with Crippen LogP contribution in [-0.4, -0.2) is 12.0 Å². The molecule has 0 saturated heterocycles. The van der Waals surface area contributed by atoms with Gasteiger partial charge in [0.15, 0.2) is 0 Å². The zero-order valence-electron chi connectivity index (χ0n) is 10.4. The van der Waals surface area contributed by atoms with Crippen LogP contribution in [0.3, 0.4) is 0 Å². The number of hydrogen-bond donors (Lipinski definition) is 1. The van der Waals surface area contributed by atoms with Gasteiger partial charge in [-0.05, 0) is 43.0 Å². The van der Waals surface area contributed by atoms with Crippen LogP contribution in [0.25, 0.3) is 0 Å². The fraction of sp³-hybridized carbons (Fsp3) is 0.308. The van der Waals surface area contributed by atoms with Crippen molar-refractivity contribution in [1.29, 1.82) is 0 Å². The Morgan fingerprint density at radius 2 is 2.06 bits per heavy atom. The Balaban J connectivity index is 2.17. The van der Waals surface area contributed by atoms with Gasteiger partial charge in [-0.25, -0.2) is 4.98 Å². The molecule has 17 heavy (non-hydrogen) atoms. The quantitative estimate of drug-likeness (QED) is 0.906. The summed E-state index contributed by atoms with van der Waals surface area (Å²) in [5.74, 6) is 0.963. The minimum atomic E-state index is 0.745. The van der Waals surface area contributed by atoms with E-state index in [0.717, 1.165) is 23.7 Å². The minimum absolute atomic E-state index is 0.745. The summed E-state index contributed by atoms with van der Waals surface area (Å²) in [5.41, 5.74) is 8.74. The molecule has 0 bridgehead atoms. The molecule has 0 saturated carbocycles. The van der Waals surface area contributed by atoms with Gasteiger partial charge in [0.05, 0.1) is 17.9 Å². The third-order valence-electron chi connectivity index (χ3n) is 2.85. The highest BCUT2D eigenvalue weighted by atomic mass is 32.1. The summed E-state index contributed by atoms with van der Waals surface area (Å²) in [7, 11) is 2.05. The second-order valence-corrected chi connectivity index (χ2v) is 5.23. The Morgan fingerprint density at radius 3 is 2.65 bits per heavy atom. The molecular formula is C13H17N3S. The van der Waals surface area contributed by atoms with Crippen molar-refractivity contribution in [1.82, 2.24) is 4.98 Å². The third kappa shape index (κ3) is 2.58. The summed E-state index contributed by atoms with van der Waals surface area (Å²) in [4.78, 5) is 8.01. The lowest BCUT2D eigenvalue weighted by molar-refractivity contribution is 0.901. The Morgan fingerprint density at radius 1 is 1.29 bits per heavy atom. The van der Waals surface area contributed by atoms with E-state index in [1.54, 1.807) is 11.3 Å². The number of hydrogen-bond acceptors (Lipinski definition) is 4. The van der Waals surface area contributed by atoms with Gasteiger partial charge in [-0.1, -0.05) is 0 Å². The second kappa shape index (κ2) is 4.75. The highest BCUT2D eigenvalue weighted by molar-refractivity contribution is 7.10. The largest absolute Gasteiger partial charge is 0.397 e. The lowest BCUT2D eigenvalue weighted by Crippen LogP contribution is -2.17. The molecular weight excluding hydrogens is 230 g/mol. The van der Waals surface area contributed by atoms with Crippen molar-refractivity contribution in [3.05, 3.63) is 39.7 Å². The van der Waals surface area contributed by atoms with Crippen molar-refractivity contribution in [2.24, 2.45) is 0 Å². The molecule has 0 atom stereocenters. The number of anilines is 2. The first-order valence-electron chi connectivity index (χ1n) is 5.55. The Bertz CT molecular complexity index is 519. The zero-order chi connectivity index (χ0) is 12.4. The van der Waals surface area contributed by atoms with Crippen LogP contribution in [0.15, 0.2) is 23.6 Å². The van der Waals surface area contributed by atoms with Crippen molar-refractivity contribution in [3.8, 4) is 0 Å². The summed E-state index contributed by atoms with van der Waals surface area (Å²) >= 11 is 1.79. The van der Waals surface area contributed by atoms with Crippen LogP contribution >= 0.6 is 11.3 Å². The number of pyridine rings is 1. The molecule has 0 aliphatic rings. The maximum absolute atomic E-state index is 5.77. The first-order valence-corrected chi connectivity index (χ1v) is 6.43. The van der Waals surface area contributed by atoms with Gasteiger partial charge < -0.3 is 10.6 Å². The number of nitrogen functional groups attached to an aromatic ring is 1. The van der Waals surface area contributed by atoms with E-state index in [4.69, 9.17) is 5.73 Å². The average Bonchev–Trinajstić information content (AvgIpc) is 2.68. The van der Waals surface area contributed by atoms with Gasteiger partial charge in [-0.15, -0.1) is 11.3 Å². The smallest absolute Gasteiger partial charge is 0.129 e. The van der Waals surface area contributed by atoms with E-state index >= 15 is 0 Å². The Hall–Kier alpha value is -1.55. The normalized spacial score (nSPS) is 10.5. The topological polar surface area (TPSA) is 42.1 Å². The van der Waals surface area contributed by atoms with E-state index < -0.39 is 0 Å². The van der Waals surface area contributed by atoms with E-state index in [-0.39, 0.29) is 0 Å². The molecule has 2 rings (SSSR count). The predicted molar refractivity (Wildman–Crippen MR) is 74.5 cm³/mol. The van der Waals surface area contributed by atoms with Gasteiger partial charge in [0.1, 0.15) is 5.82 Å². The monoisotopic (exact) mass is 247 g/mol. The van der Waals surface area contributed by atoms with Crippen molar-refractivity contribution in [2.45, 2.75) is 20.4 Å². The van der Waals surface area contributed by atoms with E-state index in [9.17, 15) is 0 Å². The van der Waals surface area contributed by atoms with Crippen LogP contribution in [0.2, 0.25) is 0 Å². The fourth-order valence-corrected chi connectivity index (χ4v) is 2.59. The molecule has 0 aliphatic heterocycles. The van der Waals surface area contributed by atoms with Crippen LogP contribution in [0, 0.1) is 13.8 Å². The highest BCUT2D eigenvalue weighted by Gasteiger charge is 2.07. The Labute approximate surface area is 106 Å². The zero-order valence-corrected chi connectivity index (χ0v) is 11.2. The van der Waals surface area contributed by atoms with Crippen molar-refractivity contribution in [3.63, 3.8) is 0 Å². The summed E-state index contributed by atoms with van der Waals surface area (Å²) in [6.07, 6.45) is 0. The van der Waals surface area contributed by atoms with Crippen LogP contribution in [0.4, 0.5) is 11.5 Å². The summed E-state index contributed by atoms with van der Waals surface area (Å²) in [6.45, 7) is 4.96. The molecule has 3 nitrogen and oxygen atoms in total. The van der Waals surface area contributed by atoms with E-state index in [2.05, 4.69) is 35.3 Å². The second-order valence-electron chi connectivity index (χ2n) is 4.23. The number of aromatic nitrogens is 1. The molecule has 2 aromatic rings. The summed E-state index contributed by atoms with van der Waals surface area (Å²) in [6, 6.07) is 6.02. The summed E-state index contributed by atoms with van der Waals surface area (Å²) in [5, 5.41) is 2.13. The molecule has 0 aliphatic carbocycles. The van der Waals surface area contributed by atoms with Crippen LogP contribution in [0.5, 0.6) is 0 Å². The van der Waals surface area contributed by atoms with Gasteiger partial charge in [0.2, 0.25) is 0 Å². The lowest BCUT2D eigenvalue weighted by atomic mass is 10.2. The van der Waals surface area contributed by atoms with Crippen LogP contribution < -0.4 is 10.6 Å². The molecule has 0 radical (unpaired) electrons. The predicted octanol–water partition coefficient (Wildman–Crippen LogP) is 2.98. The van der Waals surface area contributed by atoms with Crippen LogP contribution in [0.1, 0.15) is 16.1 Å². The van der Waals surface area contributed by atoms with Crippen LogP contribution in [-0.2, 0) is 6.54 Å². The van der Waals surface area contributed by atoms with Crippen molar-refractivity contribution >= 4 is 22.8 Å². The van der Waals surface area contributed by atoms with E-state index in [1.807, 2.05) is 19.1 Å². The van der Waals surface area contributed by atoms with Crippen molar-refractivity contribution in [2.75, 3.05) is 17.7 Å². The molecule has 0 spiro atoms. The van der Waals surface area contributed by atoms with Gasteiger partial charge in [-0.3, -0.25) is 0 Å². The molecule has 2 heterocycles. The number of nitrogens with zero attached hydrogens (tertiary/aromatic N) is 2. The first-order chi connectivity index (χ1) is 8.08. The standard InChI is InChI=1S/C13H17N3S/c1-9-6-7-17-12(9)8-16(3)13-5-4-11(14)10(2)15-13/h4-7H,8,14H2,1-3H3. The molecule has 2 N–H and O–H groups in total. The Kier molecular flexibility index (Phi) is 3.33.